The fraction of sp³-hybridized carbons (Fsp3) is 0.222. The first-order valence-electron chi connectivity index (χ1n) is 11.3. The maximum Gasteiger partial charge on any atom is 0.335 e. The fourth-order valence-corrected chi connectivity index (χ4v) is 4.73. The molecule has 0 aliphatic carbocycles. The molecule has 0 saturated carbocycles. The van der Waals surface area contributed by atoms with Gasteiger partial charge in [-0.2, -0.15) is 0 Å². The van der Waals surface area contributed by atoms with Crippen molar-refractivity contribution in [3.63, 3.8) is 0 Å². The summed E-state index contributed by atoms with van der Waals surface area (Å²) in [7, 11) is 0. The van der Waals surface area contributed by atoms with Gasteiger partial charge in [-0.05, 0) is 65.9 Å². The molecule has 0 unspecified atom stereocenters. The molecule has 0 spiro atoms. The fourth-order valence-electron chi connectivity index (χ4n) is 4.73. The Balaban J connectivity index is 1.38. The molecule has 1 aliphatic heterocycles. The van der Waals surface area contributed by atoms with Crippen molar-refractivity contribution >= 4 is 22.9 Å². The third kappa shape index (κ3) is 4.29. The molecule has 34 heavy (non-hydrogen) atoms. The van der Waals surface area contributed by atoms with Crippen LogP contribution in [0.5, 0.6) is 0 Å². The van der Waals surface area contributed by atoms with Crippen molar-refractivity contribution in [2.45, 2.75) is 32.4 Å². The topological polar surface area (TPSA) is 75.4 Å². The van der Waals surface area contributed by atoms with Crippen LogP contribution in [0.4, 0.5) is 4.39 Å². The molecular weight excluding hydrogens is 433 g/mol. The molecule has 1 amide bonds. The number of hydrogen-bond donors (Lipinski definition) is 1. The van der Waals surface area contributed by atoms with Gasteiger partial charge in [-0.15, -0.1) is 0 Å². The minimum Gasteiger partial charge on any atom is -0.478 e. The van der Waals surface area contributed by atoms with Crippen LogP contribution < -0.4 is 0 Å². The number of halogens is 1. The van der Waals surface area contributed by atoms with Gasteiger partial charge in [0.2, 0.25) is 5.91 Å². The van der Waals surface area contributed by atoms with E-state index >= 15 is 0 Å². The molecule has 0 radical (unpaired) electrons. The Bertz CT molecular complexity index is 1400. The van der Waals surface area contributed by atoms with Crippen LogP contribution in [0.25, 0.3) is 11.0 Å². The number of benzene rings is 2. The van der Waals surface area contributed by atoms with Crippen LogP contribution >= 0.6 is 0 Å². The smallest absolute Gasteiger partial charge is 0.335 e. The van der Waals surface area contributed by atoms with Crippen LogP contribution in [0.3, 0.4) is 0 Å². The number of aryl methyl sites for hydroxylation is 1. The SMILES string of the molecule is O=C(O)c1cccc(CCC(=O)N2CCc3c(n(Cc4cccc(F)c4)c4ncccc34)C2)c1. The lowest BCUT2D eigenvalue weighted by Crippen LogP contribution is -2.36. The van der Waals surface area contributed by atoms with Crippen LogP contribution in [-0.4, -0.2) is 38.0 Å². The molecule has 172 valence electrons. The zero-order valence-corrected chi connectivity index (χ0v) is 18.6. The maximum atomic E-state index is 13.8. The number of carboxylic acid groups (broad SMARTS) is 1. The van der Waals surface area contributed by atoms with Crippen LogP contribution in [0.2, 0.25) is 0 Å². The predicted octanol–water partition coefficient (Wildman–Crippen LogP) is 4.44. The molecule has 0 fully saturated rings. The van der Waals surface area contributed by atoms with E-state index in [2.05, 4.69) is 15.6 Å². The monoisotopic (exact) mass is 457 g/mol. The molecule has 0 bridgehead atoms. The second kappa shape index (κ2) is 9.09. The van der Waals surface area contributed by atoms with E-state index in [9.17, 15) is 19.1 Å². The maximum absolute atomic E-state index is 13.8. The Hall–Kier alpha value is -4.00. The molecule has 6 nitrogen and oxygen atoms in total. The van der Waals surface area contributed by atoms with Crippen molar-refractivity contribution in [2.24, 2.45) is 0 Å². The van der Waals surface area contributed by atoms with Crippen molar-refractivity contribution < 1.29 is 19.1 Å². The van der Waals surface area contributed by atoms with Gasteiger partial charge in [0, 0.05) is 36.8 Å². The van der Waals surface area contributed by atoms with Gasteiger partial charge in [-0.1, -0.05) is 24.3 Å². The molecule has 2 aromatic carbocycles. The van der Waals surface area contributed by atoms with E-state index in [0.29, 0.717) is 32.5 Å². The average Bonchev–Trinajstić information content (AvgIpc) is 3.15. The number of nitrogens with zero attached hydrogens (tertiary/aromatic N) is 3. The number of aromatic nitrogens is 2. The summed E-state index contributed by atoms with van der Waals surface area (Å²) < 4.78 is 15.9. The summed E-state index contributed by atoms with van der Waals surface area (Å²) in [5.74, 6) is -1.22. The van der Waals surface area contributed by atoms with Gasteiger partial charge >= 0.3 is 5.97 Å². The standard InChI is InChI=1S/C27H24FN3O3/c28-21-7-2-5-19(15-21)16-31-24-17-30(13-11-22(24)23-8-3-12-29-26(23)31)25(32)10-9-18-4-1-6-20(14-18)27(33)34/h1-8,12,14-15H,9-11,13,16-17H2,(H,33,34). The first kappa shape index (κ1) is 21.8. The highest BCUT2D eigenvalue weighted by molar-refractivity contribution is 5.88. The minimum absolute atomic E-state index is 0.0295. The summed E-state index contributed by atoms with van der Waals surface area (Å²) in [4.78, 5) is 30.7. The Morgan fingerprint density at radius 2 is 1.85 bits per heavy atom. The lowest BCUT2D eigenvalue weighted by molar-refractivity contribution is -0.132. The average molecular weight is 458 g/mol. The third-order valence-corrected chi connectivity index (χ3v) is 6.40. The Morgan fingerprint density at radius 1 is 1.03 bits per heavy atom. The molecule has 1 aliphatic rings. The zero-order valence-electron chi connectivity index (χ0n) is 18.6. The number of hydrogen-bond acceptors (Lipinski definition) is 3. The predicted molar refractivity (Wildman–Crippen MR) is 126 cm³/mol. The van der Waals surface area contributed by atoms with E-state index < -0.39 is 5.97 Å². The second-order valence-electron chi connectivity index (χ2n) is 8.59. The molecule has 0 saturated heterocycles. The molecule has 3 heterocycles. The van der Waals surface area contributed by atoms with Gasteiger partial charge in [0.25, 0.3) is 0 Å². The first-order valence-corrected chi connectivity index (χ1v) is 11.3. The number of carbonyl (C=O) groups is 2. The van der Waals surface area contributed by atoms with E-state index in [4.69, 9.17) is 0 Å². The van der Waals surface area contributed by atoms with E-state index in [1.165, 1.54) is 17.7 Å². The van der Waals surface area contributed by atoms with Crippen molar-refractivity contribution in [1.29, 1.82) is 0 Å². The highest BCUT2D eigenvalue weighted by Crippen LogP contribution is 2.31. The van der Waals surface area contributed by atoms with E-state index in [-0.39, 0.29) is 17.3 Å². The molecule has 0 atom stereocenters. The van der Waals surface area contributed by atoms with Gasteiger partial charge in [-0.25, -0.2) is 14.2 Å². The van der Waals surface area contributed by atoms with E-state index in [1.807, 2.05) is 23.1 Å². The van der Waals surface area contributed by atoms with Gasteiger partial charge in [0.1, 0.15) is 11.5 Å². The van der Waals surface area contributed by atoms with Gasteiger partial charge in [-0.3, -0.25) is 4.79 Å². The van der Waals surface area contributed by atoms with Crippen molar-refractivity contribution in [3.8, 4) is 0 Å². The van der Waals surface area contributed by atoms with Crippen LogP contribution in [0.15, 0.2) is 66.9 Å². The normalized spacial score (nSPS) is 13.1. The number of carboxylic acids is 1. The minimum atomic E-state index is -0.975. The number of rotatable bonds is 6. The van der Waals surface area contributed by atoms with Gasteiger partial charge in [0.15, 0.2) is 0 Å². The summed E-state index contributed by atoms with van der Waals surface area (Å²) in [6.07, 6.45) is 3.27. The number of aromatic carboxylic acids is 1. The van der Waals surface area contributed by atoms with E-state index in [1.54, 1.807) is 30.5 Å². The summed E-state index contributed by atoms with van der Waals surface area (Å²) >= 11 is 0. The number of carbonyl (C=O) groups excluding carboxylic acids is 1. The van der Waals surface area contributed by atoms with Crippen LogP contribution in [0, 0.1) is 5.82 Å². The second-order valence-corrected chi connectivity index (χ2v) is 8.59. The van der Waals surface area contributed by atoms with E-state index in [0.717, 1.165) is 34.3 Å². The van der Waals surface area contributed by atoms with Crippen molar-refractivity contribution in [3.05, 3.63) is 101 Å². The number of fused-ring (bicyclic) bond motifs is 3. The molecule has 4 aromatic rings. The van der Waals surface area contributed by atoms with Gasteiger partial charge < -0.3 is 14.6 Å². The lowest BCUT2D eigenvalue weighted by Gasteiger charge is -2.29. The molecule has 7 heteroatoms. The number of pyridine rings is 1. The summed E-state index contributed by atoms with van der Waals surface area (Å²) in [5.41, 5.74) is 4.96. The third-order valence-electron chi connectivity index (χ3n) is 6.40. The van der Waals surface area contributed by atoms with Crippen molar-refractivity contribution in [1.82, 2.24) is 14.5 Å². The molecular formula is C27H24FN3O3. The number of amides is 1. The summed E-state index contributed by atoms with van der Waals surface area (Å²) in [6.45, 7) is 1.56. The summed E-state index contributed by atoms with van der Waals surface area (Å²) in [6, 6.07) is 17.2. The Kier molecular flexibility index (Phi) is 5.84. The Labute approximate surface area is 196 Å². The first-order chi connectivity index (χ1) is 16.5. The molecule has 5 rings (SSSR count). The van der Waals surface area contributed by atoms with Gasteiger partial charge in [0.05, 0.1) is 12.1 Å². The molecule has 2 aromatic heterocycles. The largest absolute Gasteiger partial charge is 0.478 e. The van der Waals surface area contributed by atoms with Crippen molar-refractivity contribution in [2.75, 3.05) is 6.54 Å². The Morgan fingerprint density at radius 3 is 2.68 bits per heavy atom. The summed E-state index contributed by atoms with van der Waals surface area (Å²) in [5, 5.41) is 10.3. The molecule has 1 N–H and O–H groups in total. The highest BCUT2D eigenvalue weighted by Gasteiger charge is 2.27. The highest BCUT2D eigenvalue weighted by atomic mass is 19.1. The lowest BCUT2D eigenvalue weighted by atomic mass is 10.0. The van der Waals surface area contributed by atoms with Crippen LogP contribution in [0.1, 0.15) is 39.2 Å². The zero-order chi connectivity index (χ0) is 23.7. The van der Waals surface area contributed by atoms with Crippen LogP contribution in [-0.2, 0) is 30.7 Å². The quantitative estimate of drug-likeness (QED) is 0.465.